The lowest BCUT2D eigenvalue weighted by Gasteiger charge is -2.36. The maximum absolute atomic E-state index is 12.6. The molecule has 2 aromatic heterocycles. The lowest BCUT2D eigenvalue weighted by molar-refractivity contribution is -0.131. The lowest BCUT2D eigenvalue weighted by Crippen LogP contribution is -2.53. The summed E-state index contributed by atoms with van der Waals surface area (Å²) < 4.78 is 0. The van der Waals surface area contributed by atoms with Crippen LogP contribution in [0.15, 0.2) is 34.9 Å². The SMILES string of the molecule is CN=C(NCCC(=O)N1CCc2sccc2C1)N1CCN(c2ncccn2)CC1.I. The van der Waals surface area contributed by atoms with Gasteiger partial charge in [-0.1, -0.05) is 0 Å². The third-order valence-electron chi connectivity index (χ3n) is 5.41. The number of aliphatic imine (C=N–C) groups is 1. The summed E-state index contributed by atoms with van der Waals surface area (Å²) >= 11 is 1.80. The average Bonchev–Trinajstić information content (AvgIpc) is 3.25. The molecule has 2 aromatic rings. The molecule has 0 bridgehead atoms. The molecule has 0 radical (unpaired) electrons. The molecule has 162 valence electrons. The monoisotopic (exact) mass is 541 g/mol. The average molecular weight is 541 g/mol. The van der Waals surface area contributed by atoms with Gasteiger partial charge in [0.15, 0.2) is 5.96 Å². The number of hydrogen-bond acceptors (Lipinski definition) is 6. The molecule has 2 aliphatic heterocycles. The molecule has 1 fully saturated rings. The van der Waals surface area contributed by atoms with Gasteiger partial charge in [0.2, 0.25) is 11.9 Å². The van der Waals surface area contributed by atoms with Crippen LogP contribution in [0.25, 0.3) is 0 Å². The number of nitrogens with zero attached hydrogens (tertiary/aromatic N) is 6. The lowest BCUT2D eigenvalue weighted by atomic mass is 10.1. The van der Waals surface area contributed by atoms with E-state index in [-0.39, 0.29) is 29.9 Å². The van der Waals surface area contributed by atoms with Crippen molar-refractivity contribution in [1.29, 1.82) is 0 Å². The number of thiophene rings is 1. The van der Waals surface area contributed by atoms with Crippen LogP contribution in [0.2, 0.25) is 0 Å². The Kier molecular flexibility index (Phi) is 8.25. The fraction of sp³-hybridized carbons (Fsp3) is 0.500. The van der Waals surface area contributed by atoms with E-state index in [1.54, 1.807) is 30.8 Å². The first kappa shape index (κ1) is 22.7. The standard InChI is InChI=1S/C20H27N7OS.HI/c1-21-19(25-10-12-26(13-11-25)20-22-6-2-7-23-20)24-8-3-18(28)27-9-4-17-16(15-27)5-14-29-17;/h2,5-7,14H,3-4,8-13,15H2,1H3,(H,21,24);1H. The van der Waals surface area contributed by atoms with E-state index in [0.29, 0.717) is 13.0 Å². The van der Waals surface area contributed by atoms with Crippen LogP contribution < -0.4 is 10.2 Å². The molecule has 1 amide bonds. The smallest absolute Gasteiger partial charge is 0.225 e. The van der Waals surface area contributed by atoms with Crippen molar-refractivity contribution in [2.24, 2.45) is 4.99 Å². The maximum atomic E-state index is 12.6. The molecule has 10 heteroatoms. The summed E-state index contributed by atoms with van der Waals surface area (Å²) in [4.78, 5) is 33.4. The highest BCUT2D eigenvalue weighted by Gasteiger charge is 2.23. The van der Waals surface area contributed by atoms with E-state index >= 15 is 0 Å². The van der Waals surface area contributed by atoms with Crippen molar-refractivity contribution in [2.75, 3.05) is 51.2 Å². The van der Waals surface area contributed by atoms with Crippen molar-refractivity contribution in [1.82, 2.24) is 25.1 Å². The Labute approximate surface area is 198 Å². The topological polar surface area (TPSA) is 77.0 Å². The quantitative estimate of drug-likeness (QED) is 0.362. The predicted molar refractivity (Wildman–Crippen MR) is 131 cm³/mol. The number of piperazine rings is 1. The molecule has 0 saturated carbocycles. The van der Waals surface area contributed by atoms with E-state index in [1.807, 2.05) is 11.0 Å². The zero-order chi connectivity index (χ0) is 20.1. The van der Waals surface area contributed by atoms with Crippen molar-refractivity contribution in [2.45, 2.75) is 19.4 Å². The minimum absolute atomic E-state index is 0. The van der Waals surface area contributed by atoms with Crippen LogP contribution in [-0.4, -0.2) is 78.0 Å². The highest BCUT2D eigenvalue weighted by molar-refractivity contribution is 14.0. The van der Waals surface area contributed by atoms with Crippen molar-refractivity contribution >= 4 is 53.1 Å². The van der Waals surface area contributed by atoms with Gasteiger partial charge in [0.05, 0.1) is 0 Å². The number of halogens is 1. The highest BCUT2D eigenvalue weighted by Crippen LogP contribution is 2.24. The Morgan fingerprint density at radius 2 is 1.93 bits per heavy atom. The summed E-state index contributed by atoms with van der Waals surface area (Å²) in [6.45, 7) is 5.56. The van der Waals surface area contributed by atoms with Crippen LogP contribution in [0.5, 0.6) is 0 Å². The van der Waals surface area contributed by atoms with Gasteiger partial charge in [0, 0.05) is 76.6 Å². The molecular weight excluding hydrogens is 513 g/mol. The molecule has 4 heterocycles. The predicted octanol–water partition coefficient (Wildman–Crippen LogP) is 1.83. The molecule has 4 rings (SSSR count). The number of fused-ring (bicyclic) bond motifs is 1. The van der Waals surface area contributed by atoms with Crippen molar-refractivity contribution < 1.29 is 4.79 Å². The first-order valence-corrected chi connectivity index (χ1v) is 10.9. The Hall–Kier alpha value is -1.95. The van der Waals surface area contributed by atoms with Crippen molar-refractivity contribution in [3.63, 3.8) is 0 Å². The van der Waals surface area contributed by atoms with E-state index in [0.717, 1.165) is 57.6 Å². The van der Waals surface area contributed by atoms with E-state index in [9.17, 15) is 4.79 Å². The first-order valence-electron chi connectivity index (χ1n) is 10.0. The van der Waals surface area contributed by atoms with Gasteiger partial charge in [-0.25, -0.2) is 9.97 Å². The second-order valence-electron chi connectivity index (χ2n) is 7.18. The van der Waals surface area contributed by atoms with Gasteiger partial charge in [-0.05, 0) is 29.5 Å². The number of aromatic nitrogens is 2. The Bertz CT molecular complexity index is 852. The summed E-state index contributed by atoms with van der Waals surface area (Å²) in [7, 11) is 1.79. The molecule has 0 aromatic carbocycles. The third-order valence-corrected chi connectivity index (χ3v) is 6.43. The zero-order valence-electron chi connectivity index (χ0n) is 17.2. The summed E-state index contributed by atoms with van der Waals surface area (Å²) in [5.41, 5.74) is 1.30. The summed E-state index contributed by atoms with van der Waals surface area (Å²) in [5, 5.41) is 5.48. The third kappa shape index (κ3) is 5.39. The molecule has 1 N–H and O–H groups in total. The molecular formula is C20H28IN7OS. The van der Waals surface area contributed by atoms with Crippen molar-refractivity contribution in [3.8, 4) is 0 Å². The number of nitrogens with one attached hydrogen (secondary N) is 1. The number of anilines is 1. The summed E-state index contributed by atoms with van der Waals surface area (Å²) in [6.07, 6.45) is 5.00. The molecule has 0 unspecified atom stereocenters. The zero-order valence-corrected chi connectivity index (χ0v) is 20.3. The molecule has 30 heavy (non-hydrogen) atoms. The Morgan fingerprint density at radius 1 is 1.17 bits per heavy atom. The maximum Gasteiger partial charge on any atom is 0.225 e. The normalized spacial score (nSPS) is 16.7. The number of carbonyl (C=O) groups excluding carboxylic acids is 1. The van der Waals surface area contributed by atoms with E-state index < -0.39 is 0 Å². The van der Waals surface area contributed by atoms with Crippen LogP contribution in [0, 0.1) is 0 Å². The van der Waals surface area contributed by atoms with E-state index in [4.69, 9.17) is 0 Å². The number of hydrogen-bond donors (Lipinski definition) is 1. The number of rotatable bonds is 4. The summed E-state index contributed by atoms with van der Waals surface area (Å²) in [5.74, 6) is 1.83. The Balaban J connectivity index is 0.00000256. The number of carbonyl (C=O) groups is 1. The summed E-state index contributed by atoms with van der Waals surface area (Å²) in [6, 6.07) is 3.97. The van der Waals surface area contributed by atoms with Crippen LogP contribution in [0.1, 0.15) is 16.9 Å². The highest BCUT2D eigenvalue weighted by atomic mass is 127. The van der Waals surface area contributed by atoms with Crippen LogP contribution in [0.4, 0.5) is 5.95 Å². The molecule has 0 atom stereocenters. The van der Waals surface area contributed by atoms with Gasteiger partial charge < -0.3 is 20.0 Å². The van der Waals surface area contributed by atoms with Crippen LogP contribution >= 0.6 is 35.3 Å². The minimum atomic E-state index is 0. The van der Waals surface area contributed by atoms with E-state index in [2.05, 4.69) is 41.5 Å². The fourth-order valence-corrected chi connectivity index (χ4v) is 4.70. The van der Waals surface area contributed by atoms with E-state index in [1.165, 1.54) is 10.4 Å². The Morgan fingerprint density at radius 3 is 2.67 bits per heavy atom. The number of amides is 1. The minimum Gasteiger partial charge on any atom is -0.356 e. The van der Waals surface area contributed by atoms with Gasteiger partial charge in [0.1, 0.15) is 0 Å². The molecule has 0 spiro atoms. The van der Waals surface area contributed by atoms with Crippen LogP contribution in [0.3, 0.4) is 0 Å². The van der Waals surface area contributed by atoms with Gasteiger partial charge in [-0.15, -0.1) is 35.3 Å². The van der Waals surface area contributed by atoms with Gasteiger partial charge in [-0.2, -0.15) is 0 Å². The molecule has 2 aliphatic rings. The number of guanidine groups is 1. The largest absolute Gasteiger partial charge is 0.356 e. The molecule has 0 aliphatic carbocycles. The molecule has 8 nitrogen and oxygen atoms in total. The second-order valence-corrected chi connectivity index (χ2v) is 8.18. The van der Waals surface area contributed by atoms with Crippen molar-refractivity contribution in [3.05, 3.63) is 40.3 Å². The second kappa shape index (κ2) is 10.9. The van der Waals surface area contributed by atoms with Gasteiger partial charge in [-0.3, -0.25) is 9.79 Å². The first-order chi connectivity index (χ1) is 14.2. The molecule has 1 saturated heterocycles. The fourth-order valence-electron chi connectivity index (χ4n) is 3.81. The van der Waals surface area contributed by atoms with Crippen LogP contribution in [-0.2, 0) is 17.8 Å². The van der Waals surface area contributed by atoms with Gasteiger partial charge in [0.25, 0.3) is 0 Å². The van der Waals surface area contributed by atoms with Gasteiger partial charge >= 0.3 is 0 Å².